The van der Waals surface area contributed by atoms with E-state index in [-0.39, 0.29) is 5.56 Å². The molecule has 0 fully saturated rings. The van der Waals surface area contributed by atoms with Gasteiger partial charge in [-0.2, -0.15) is 0 Å². The van der Waals surface area contributed by atoms with Crippen molar-refractivity contribution in [2.45, 2.75) is 26.4 Å². The number of carbonyl (C=O) groups is 2. The van der Waals surface area contributed by atoms with E-state index in [1.165, 1.54) is 30.7 Å². The summed E-state index contributed by atoms with van der Waals surface area (Å²) < 4.78 is 5.16. The molecular formula is C18H17Cl2NO3. The number of benzene rings is 2. The number of anilines is 1. The van der Waals surface area contributed by atoms with Gasteiger partial charge in [-0.25, -0.2) is 4.79 Å². The fraction of sp³-hybridized carbons (Fsp3) is 0.222. The van der Waals surface area contributed by atoms with Crippen LogP contribution in [0.4, 0.5) is 5.69 Å². The third kappa shape index (κ3) is 4.98. The van der Waals surface area contributed by atoms with Gasteiger partial charge >= 0.3 is 5.97 Å². The molecule has 0 heterocycles. The van der Waals surface area contributed by atoms with Gasteiger partial charge in [0.05, 0.1) is 5.56 Å². The van der Waals surface area contributed by atoms with Crippen molar-refractivity contribution in [1.29, 1.82) is 0 Å². The lowest BCUT2D eigenvalue weighted by Crippen LogP contribution is -2.30. The van der Waals surface area contributed by atoms with Gasteiger partial charge in [0.25, 0.3) is 5.91 Å². The van der Waals surface area contributed by atoms with Crippen molar-refractivity contribution in [2.75, 3.05) is 5.32 Å². The zero-order valence-electron chi connectivity index (χ0n) is 13.3. The number of amides is 1. The van der Waals surface area contributed by atoms with Crippen LogP contribution in [0.15, 0.2) is 42.5 Å². The molecule has 2 aromatic carbocycles. The van der Waals surface area contributed by atoms with Gasteiger partial charge in [0.15, 0.2) is 6.10 Å². The molecule has 0 aromatic heterocycles. The summed E-state index contributed by atoms with van der Waals surface area (Å²) in [5.74, 6) is -1.08. The fourth-order valence-electron chi connectivity index (χ4n) is 2.02. The summed E-state index contributed by atoms with van der Waals surface area (Å²) in [6, 6.07) is 11.9. The molecule has 2 aromatic rings. The first kappa shape index (κ1) is 18.3. The van der Waals surface area contributed by atoms with Crippen molar-refractivity contribution in [2.24, 2.45) is 0 Å². The molecule has 0 aliphatic carbocycles. The van der Waals surface area contributed by atoms with Crippen LogP contribution in [0, 0.1) is 0 Å². The predicted octanol–water partition coefficient (Wildman–Crippen LogP) is 4.74. The Kier molecular flexibility index (Phi) is 6.23. The van der Waals surface area contributed by atoms with Gasteiger partial charge in [0, 0.05) is 15.7 Å². The van der Waals surface area contributed by atoms with E-state index in [1.54, 1.807) is 0 Å². The van der Waals surface area contributed by atoms with E-state index in [0.717, 1.165) is 6.42 Å². The van der Waals surface area contributed by atoms with Gasteiger partial charge in [0.2, 0.25) is 0 Å². The van der Waals surface area contributed by atoms with E-state index in [0.29, 0.717) is 15.7 Å². The summed E-state index contributed by atoms with van der Waals surface area (Å²) >= 11 is 11.7. The predicted molar refractivity (Wildman–Crippen MR) is 95.8 cm³/mol. The number of esters is 1. The van der Waals surface area contributed by atoms with E-state index < -0.39 is 18.0 Å². The molecule has 126 valence electrons. The minimum Gasteiger partial charge on any atom is -0.449 e. The number of rotatable bonds is 5. The number of aryl methyl sites for hydroxylation is 1. The fourth-order valence-corrected chi connectivity index (χ4v) is 2.55. The van der Waals surface area contributed by atoms with Crippen LogP contribution in [0.1, 0.15) is 29.8 Å². The minimum absolute atomic E-state index is 0.194. The average molecular weight is 366 g/mol. The van der Waals surface area contributed by atoms with E-state index >= 15 is 0 Å². The average Bonchev–Trinajstić information content (AvgIpc) is 2.54. The molecule has 2 rings (SSSR count). The van der Waals surface area contributed by atoms with E-state index in [9.17, 15) is 9.59 Å². The first-order valence-corrected chi connectivity index (χ1v) is 8.21. The first-order valence-electron chi connectivity index (χ1n) is 7.46. The van der Waals surface area contributed by atoms with Crippen LogP contribution < -0.4 is 5.32 Å². The summed E-state index contributed by atoms with van der Waals surface area (Å²) in [5.41, 5.74) is 2.01. The molecule has 1 N–H and O–H groups in total. The monoisotopic (exact) mass is 365 g/mol. The zero-order valence-corrected chi connectivity index (χ0v) is 14.8. The highest BCUT2D eigenvalue weighted by molar-refractivity contribution is 6.35. The summed E-state index contributed by atoms with van der Waals surface area (Å²) in [4.78, 5) is 24.2. The summed E-state index contributed by atoms with van der Waals surface area (Å²) in [6.45, 7) is 3.55. The SMILES string of the molecule is CCc1ccc(NC(=O)C(C)OC(=O)c2cc(Cl)cc(Cl)c2)cc1. The Labute approximate surface area is 150 Å². The number of hydrogen-bond donors (Lipinski definition) is 1. The Morgan fingerprint density at radius 2 is 1.67 bits per heavy atom. The molecule has 0 radical (unpaired) electrons. The van der Waals surface area contributed by atoms with Crippen molar-refractivity contribution >= 4 is 40.8 Å². The lowest BCUT2D eigenvalue weighted by atomic mass is 10.1. The molecule has 0 aliphatic heterocycles. The molecule has 0 saturated heterocycles. The standard InChI is InChI=1S/C18H17Cl2NO3/c1-3-12-4-6-16(7-5-12)21-17(22)11(2)24-18(23)13-8-14(19)10-15(20)9-13/h4-11H,3H2,1-2H3,(H,21,22). The van der Waals surface area contributed by atoms with Gasteiger partial charge in [-0.3, -0.25) is 4.79 Å². The molecule has 1 amide bonds. The van der Waals surface area contributed by atoms with Gasteiger partial charge < -0.3 is 10.1 Å². The van der Waals surface area contributed by atoms with Gasteiger partial charge in [-0.05, 0) is 49.2 Å². The molecule has 0 aliphatic rings. The maximum Gasteiger partial charge on any atom is 0.339 e. The Hall–Kier alpha value is -2.04. The van der Waals surface area contributed by atoms with Crippen LogP contribution in [-0.2, 0) is 16.0 Å². The van der Waals surface area contributed by atoms with Crippen LogP contribution in [0.25, 0.3) is 0 Å². The third-order valence-corrected chi connectivity index (χ3v) is 3.82. The number of nitrogens with one attached hydrogen (secondary N) is 1. The number of halogens is 2. The quantitative estimate of drug-likeness (QED) is 0.778. The van der Waals surface area contributed by atoms with Crippen molar-refractivity contribution in [1.82, 2.24) is 0 Å². The molecule has 0 spiro atoms. The maximum absolute atomic E-state index is 12.1. The number of hydrogen-bond acceptors (Lipinski definition) is 3. The van der Waals surface area contributed by atoms with Crippen molar-refractivity contribution in [3.05, 3.63) is 63.6 Å². The van der Waals surface area contributed by atoms with Crippen molar-refractivity contribution in [3.8, 4) is 0 Å². The lowest BCUT2D eigenvalue weighted by Gasteiger charge is -2.14. The lowest BCUT2D eigenvalue weighted by molar-refractivity contribution is -0.123. The summed E-state index contributed by atoms with van der Waals surface area (Å²) in [5, 5.41) is 3.35. The second-order valence-corrected chi connectivity index (χ2v) is 6.12. The number of carbonyl (C=O) groups excluding carboxylic acids is 2. The van der Waals surface area contributed by atoms with Crippen molar-refractivity contribution < 1.29 is 14.3 Å². The Morgan fingerprint density at radius 1 is 1.08 bits per heavy atom. The van der Waals surface area contributed by atoms with Crippen LogP contribution >= 0.6 is 23.2 Å². The molecular weight excluding hydrogens is 349 g/mol. The molecule has 0 saturated carbocycles. The van der Waals surface area contributed by atoms with E-state index in [1.807, 2.05) is 24.3 Å². The molecule has 1 unspecified atom stereocenters. The molecule has 6 heteroatoms. The molecule has 0 bridgehead atoms. The highest BCUT2D eigenvalue weighted by atomic mass is 35.5. The van der Waals surface area contributed by atoms with Crippen LogP contribution in [0.3, 0.4) is 0 Å². The normalized spacial score (nSPS) is 11.7. The van der Waals surface area contributed by atoms with Crippen molar-refractivity contribution in [3.63, 3.8) is 0 Å². The van der Waals surface area contributed by atoms with Crippen LogP contribution in [-0.4, -0.2) is 18.0 Å². The molecule has 1 atom stereocenters. The third-order valence-electron chi connectivity index (χ3n) is 3.38. The minimum atomic E-state index is -0.957. The Balaban J connectivity index is 1.98. The first-order chi connectivity index (χ1) is 11.4. The second-order valence-electron chi connectivity index (χ2n) is 5.25. The van der Waals surface area contributed by atoms with Crippen LogP contribution in [0.5, 0.6) is 0 Å². The summed E-state index contributed by atoms with van der Waals surface area (Å²) in [7, 11) is 0. The number of ether oxygens (including phenoxy) is 1. The highest BCUT2D eigenvalue weighted by Gasteiger charge is 2.19. The maximum atomic E-state index is 12.1. The summed E-state index contributed by atoms with van der Waals surface area (Å²) in [6.07, 6.45) is -0.0362. The Morgan fingerprint density at radius 3 is 2.21 bits per heavy atom. The smallest absolute Gasteiger partial charge is 0.339 e. The Bertz CT molecular complexity index is 724. The van der Waals surface area contributed by atoms with Crippen LogP contribution in [0.2, 0.25) is 10.0 Å². The van der Waals surface area contributed by atoms with E-state index in [4.69, 9.17) is 27.9 Å². The van der Waals surface area contributed by atoms with Gasteiger partial charge in [0.1, 0.15) is 0 Å². The van der Waals surface area contributed by atoms with E-state index in [2.05, 4.69) is 12.2 Å². The highest BCUT2D eigenvalue weighted by Crippen LogP contribution is 2.20. The molecule has 4 nitrogen and oxygen atoms in total. The molecule has 24 heavy (non-hydrogen) atoms. The topological polar surface area (TPSA) is 55.4 Å². The zero-order chi connectivity index (χ0) is 17.7. The van der Waals surface area contributed by atoms with Gasteiger partial charge in [-0.15, -0.1) is 0 Å². The van der Waals surface area contributed by atoms with Gasteiger partial charge in [-0.1, -0.05) is 42.3 Å². The largest absolute Gasteiger partial charge is 0.449 e. The second kappa shape index (κ2) is 8.18.